The maximum absolute atomic E-state index is 11.9. The van der Waals surface area contributed by atoms with Gasteiger partial charge in [-0.3, -0.25) is 10.1 Å². The van der Waals surface area contributed by atoms with Crippen molar-refractivity contribution in [2.45, 2.75) is 0 Å². The van der Waals surface area contributed by atoms with Gasteiger partial charge in [-0.1, -0.05) is 12.1 Å². The molecule has 1 saturated heterocycles. The zero-order valence-corrected chi connectivity index (χ0v) is 18.9. The van der Waals surface area contributed by atoms with Crippen LogP contribution in [0.3, 0.4) is 0 Å². The van der Waals surface area contributed by atoms with Crippen LogP contribution in [0.5, 0.6) is 5.75 Å². The number of nitrogens with one attached hydrogen (secondary N) is 2. The van der Waals surface area contributed by atoms with Crippen molar-refractivity contribution in [2.24, 2.45) is 0 Å². The van der Waals surface area contributed by atoms with E-state index < -0.39 is 0 Å². The average Bonchev–Trinajstić information content (AvgIpc) is 3.33. The highest BCUT2D eigenvalue weighted by molar-refractivity contribution is 5.92. The minimum Gasteiger partial charge on any atom is -0.494 e. The number of nitro groups is 1. The van der Waals surface area contributed by atoms with E-state index in [9.17, 15) is 10.1 Å². The van der Waals surface area contributed by atoms with Gasteiger partial charge in [0.25, 0.3) is 5.69 Å². The smallest absolute Gasteiger partial charge is 0.294 e. The van der Waals surface area contributed by atoms with Crippen LogP contribution < -0.4 is 15.0 Å². The summed E-state index contributed by atoms with van der Waals surface area (Å²) in [6.45, 7) is 3.07. The number of hydrogen-bond donors (Lipinski definition) is 2. The van der Waals surface area contributed by atoms with Crippen LogP contribution in [-0.4, -0.2) is 70.1 Å². The molecule has 0 saturated carbocycles. The van der Waals surface area contributed by atoms with Crippen LogP contribution in [0.1, 0.15) is 0 Å². The highest BCUT2D eigenvalue weighted by Crippen LogP contribution is 2.39. The molecule has 1 aliphatic rings. The minimum absolute atomic E-state index is 0.00159. The van der Waals surface area contributed by atoms with Crippen molar-refractivity contribution in [2.75, 3.05) is 50.6 Å². The first-order chi connectivity index (χ1) is 16.5. The number of rotatable bonds is 6. The molecule has 5 rings (SSSR count). The molecule has 0 aliphatic carbocycles. The quantitative estimate of drug-likeness (QED) is 0.329. The summed E-state index contributed by atoms with van der Waals surface area (Å²) in [5, 5.41) is 16.1. The van der Waals surface area contributed by atoms with Crippen molar-refractivity contribution in [3.8, 4) is 17.1 Å². The van der Waals surface area contributed by atoms with Crippen molar-refractivity contribution in [1.29, 1.82) is 0 Å². The Labute approximate surface area is 195 Å². The van der Waals surface area contributed by atoms with E-state index in [0.29, 0.717) is 36.0 Å². The second-order valence-electron chi connectivity index (χ2n) is 8.09. The van der Waals surface area contributed by atoms with E-state index in [0.717, 1.165) is 29.6 Å². The lowest BCUT2D eigenvalue weighted by Crippen LogP contribution is -2.44. The van der Waals surface area contributed by atoms with Crippen LogP contribution in [0, 0.1) is 10.1 Å². The van der Waals surface area contributed by atoms with E-state index in [4.69, 9.17) is 4.74 Å². The van der Waals surface area contributed by atoms with Gasteiger partial charge in [-0.05, 0) is 19.2 Å². The Morgan fingerprint density at radius 2 is 1.97 bits per heavy atom. The molecule has 0 unspecified atom stereocenters. The zero-order valence-electron chi connectivity index (χ0n) is 18.9. The number of hydrogen-bond acceptors (Lipinski definition) is 9. The van der Waals surface area contributed by atoms with Gasteiger partial charge in [0, 0.05) is 55.5 Å². The van der Waals surface area contributed by atoms with E-state index in [1.807, 2.05) is 42.4 Å². The van der Waals surface area contributed by atoms with Gasteiger partial charge in [-0.15, -0.1) is 0 Å². The van der Waals surface area contributed by atoms with Crippen molar-refractivity contribution >= 4 is 33.9 Å². The summed E-state index contributed by atoms with van der Waals surface area (Å²) in [7, 11) is 3.57. The van der Waals surface area contributed by atoms with E-state index in [2.05, 4.69) is 30.2 Å². The first kappa shape index (κ1) is 21.6. The molecule has 0 spiro atoms. The molecule has 34 heavy (non-hydrogen) atoms. The number of benzene rings is 2. The van der Waals surface area contributed by atoms with Gasteiger partial charge in [-0.2, -0.15) is 4.98 Å². The zero-order chi connectivity index (χ0) is 23.7. The first-order valence-electron chi connectivity index (χ1n) is 10.9. The summed E-state index contributed by atoms with van der Waals surface area (Å²) in [5.41, 5.74) is 2.69. The summed E-state index contributed by atoms with van der Waals surface area (Å²) in [6.07, 6.45) is 3.27. The monoisotopic (exact) mass is 460 g/mol. The van der Waals surface area contributed by atoms with Crippen molar-refractivity contribution in [3.05, 3.63) is 59.0 Å². The Morgan fingerprint density at radius 1 is 1.15 bits per heavy atom. The summed E-state index contributed by atoms with van der Waals surface area (Å²) >= 11 is 0. The van der Waals surface area contributed by atoms with E-state index in [1.165, 1.54) is 19.5 Å². The highest BCUT2D eigenvalue weighted by Gasteiger charge is 2.26. The maximum atomic E-state index is 11.9. The molecule has 2 aromatic heterocycles. The molecule has 11 nitrogen and oxygen atoms in total. The first-order valence-corrected chi connectivity index (χ1v) is 10.9. The largest absolute Gasteiger partial charge is 0.494 e. The van der Waals surface area contributed by atoms with Gasteiger partial charge >= 0.3 is 0 Å². The molecule has 0 bridgehead atoms. The molecule has 174 valence electrons. The number of piperazine rings is 1. The number of likely N-dealkylation sites (N-methyl/N-ethyl adjacent to an activating group) is 1. The van der Waals surface area contributed by atoms with Crippen molar-refractivity contribution in [3.63, 3.8) is 0 Å². The Kier molecular flexibility index (Phi) is 5.68. The third kappa shape index (κ3) is 4.08. The predicted molar refractivity (Wildman–Crippen MR) is 130 cm³/mol. The van der Waals surface area contributed by atoms with Crippen LogP contribution >= 0.6 is 0 Å². The lowest BCUT2D eigenvalue weighted by atomic mass is 10.1. The minimum atomic E-state index is -0.372. The van der Waals surface area contributed by atoms with Gasteiger partial charge in [0.05, 0.1) is 23.2 Å². The molecule has 0 radical (unpaired) electrons. The van der Waals surface area contributed by atoms with Crippen LogP contribution in [0.2, 0.25) is 0 Å². The topological polar surface area (TPSA) is 125 Å². The fraction of sp³-hybridized carbons (Fsp3) is 0.261. The van der Waals surface area contributed by atoms with E-state index in [1.54, 1.807) is 6.07 Å². The second kappa shape index (κ2) is 8.94. The highest BCUT2D eigenvalue weighted by atomic mass is 16.6. The number of anilines is 3. The third-order valence-corrected chi connectivity index (χ3v) is 5.98. The summed E-state index contributed by atoms with van der Waals surface area (Å²) in [6, 6.07) is 11.0. The molecular weight excluding hydrogens is 436 g/mol. The lowest BCUT2D eigenvalue weighted by Gasteiger charge is -2.33. The normalized spacial score (nSPS) is 14.4. The van der Waals surface area contributed by atoms with Gasteiger partial charge in [-0.25, -0.2) is 9.97 Å². The molecule has 0 atom stereocenters. The Bertz CT molecular complexity index is 1350. The van der Waals surface area contributed by atoms with Gasteiger partial charge in [0.2, 0.25) is 5.95 Å². The number of fused-ring (bicyclic) bond motifs is 1. The average molecular weight is 460 g/mol. The molecule has 11 heteroatoms. The lowest BCUT2D eigenvalue weighted by molar-refractivity contribution is -0.384. The van der Waals surface area contributed by atoms with Gasteiger partial charge < -0.3 is 24.8 Å². The molecule has 2 aromatic carbocycles. The summed E-state index contributed by atoms with van der Waals surface area (Å²) in [5.74, 6) is 1.20. The van der Waals surface area contributed by atoms with E-state index >= 15 is 0 Å². The SMILES string of the molecule is COc1cc(N2CCN(C)CC2)c([N+](=O)[O-])cc1Nc1ncnc(-c2cccc3cc[nH]c23)n1. The molecule has 2 N–H and O–H groups in total. The Hall–Kier alpha value is -4.25. The Balaban J connectivity index is 1.50. The number of para-hydroxylation sites is 1. The number of H-pyrrole nitrogens is 1. The Morgan fingerprint density at radius 3 is 2.74 bits per heavy atom. The van der Waals surface area contributed by atoms with Gasteiger partial charge in [0.1, 0.15) is 17.8 Å². The number of aromatic nitrogens is 4. The maximum Gasteiger partial charge on any atom is 0.294 e. The van der Waals surface area contributed by atoms with Crippen molar-refractivity contribution in [1.82, 2.24) is 24.8 Å². The van der Waals surface area contributed by atoms with Crippen LogP contribution in [0.4, 0.5) is 23.0 Å². The standard InChI is InChI=1S/C23H24N8O3/c1-29-8-10-30(11-9-29)18-13-20(34-2)17(12-19(18)31(32)33)27-23-26-14-25-22(28-23)16-5-3-4-15-6-7-24-21(15)16/h3-7,12-14,24H,8-11H2,1-2H3,(H,25,26,27,28). The molecule has 4 aromatic rings. The number of methoxy groups -OCH3 is 1. The molecule has 1 aliphatic heterocycles. The molecule has 1 fully saturated rings. The molecular formula is C23H24N8O3. The number of ether oxygens (including phenoxy) is 1. The number of nitro benzene ring substituents is 1. The second-order valence-corrected chi connectivity index (χ2v) is 8.09. The van der Waals surface area contributed by atoms with E-state index in [-0.39, 0.29) is 16.6 Å². The third-order valence-electron chi connectivity index (χ3n) is 5.98. The fourth-order valence-corrected chi connectivity index (χ4v) is 4.15. The summed E-state index contributed by atoms with van der Waals surface area (Å²) in [4.78, 5) is 32.1. The number of aromatic amines is 1. The van der Waals surface area contributed by atoms with Gasteiger partial charge in [0.15, 0.2) is 5.82 Å². The fourth-order valence-electron chi connectivity index (χ4n) is 4.15. The van der Waals surface area contributed by atoms with Crippen LogP contribution in [0.25, 0.3) is 22.3 Å². The van der Waals surface area contributed by atoms with Crippen LogP contribution in [-0.2, 0) is 0 Å². The predicted octanol–water partition coefficient (Wildman–Crippen LogP) is 3.43. The van der Waals surface area contributed by atoms with Crippen molar-refractivity contribution < 1.29 is 9.66 Å². The molecule has 0 amide bonds. The van der Waals surface area contributed by atoms with Crippen LogP contribution in [0.15, 0.2) is 48.9 Å². The summed E-state index contributed by atoms with van der Waals surface area (Å²) < 4.78 is 5.57. The number of nitrogens with zero attached hydrogens (tertiary/aromatic N) is 6. The molecule has 3 heterocycles.